The van der Waals surface area contributed by atoms with Gasteiger partial charge in [-0.05, 0) is 61.1 Å². The Kier molecular flexibility index (Phi) is 9.41. The monoisotopic (exact) mass is 576 g/mol. The van der Waals surface area contributed by atoms with Crippen LogP contribution in [0, 0.1) is 5.92 Å². The van der Waals surface area contributed by atoms with Crippen molar-refractivity contribution in [3.05, 3.63) is 59.7 Å². The lowest BCUT2D eigenvalue weighted by Crippen LogP contribution is -2.59. The van der Waals surface area contributed by atoms with Crippen molar-refractivity contribution in [1.29, 1.82) is 0 Å². The van der Waals surface area contributed by atoms with Crippen LogP contribution in [0.5, 0.6) is 11.5 Å². The highest BCUT2D eigenvalue weighted by molar-refractivity contribution is 5.85. The average molecular weight is 577 g/mol. The minimum Gasteiger partial charge on any atom is -0.457 e. The Hall–Kier alpha value is -3.92. The number of likely N-dealkylation sites (N-methyl/N-ethyl adjacent to an activating group) is 1. The van der Waals surface area contributed by atoms with E-state index in [1.165, 1.54) is 4.90 Å². The van der Waals surface area contributed by atoms with E-state index in [2.05, 4.69) is 5.32 Å². The maximum atomic E-state index is 13.5. The molecule has 2 fully saturated rings. The molecule has 0 unspecified atom stereocenters. The molecule has 3 aliphatic rings. The minimum absolute atomic E-state index is 0.0354. The average Bonchev–Trinajstić information content (AvgIpc) is 2.98. The highest BCUT2D eigenvalue weighted by Gasteiger charge is 2.37. The highest BCUT2D eigenvalue weighted by atomic mass is 16.5. The van der Waals surface area contributed by atoms with Crippen molar-refractivity contribution in [2.24, 2.45) is 5.92 Å². The number of hydrogen-bond acceptors (Lipinski definition) is 6. The molecule has 2 aromatic rings. The SMILES string of the molecule is CC(=O)N1CCC(C(=O)N2CC[C@H]3OCc4cccc(c4)Oc4cccc(c4)CCC(=O)N(C)CC(=O)N[C@H]3C2)CC1. The fourth-order valence-electron chi connectivity index (χ4n) is 5.97. The lowest BCUT2D eigenvalue weighted by atomic mass is 9.93. The van der Waals surface area contributed by atoms with Crippen molar-refractivity contribution in [3.8, 4) is 11.5 Å². The number of piperidine rings is 2. The fourth-order valence-corrected chi connectivity index (χ4v) is 5.97. The van der Waals surface area contributed by atoms with Gasteiger partial charge in [0.05, 0.1) is 25.3 Å². The molecular weight excluding hydrogens is 536 g/mol. The Labute approximate surface area is 246 Å². The zero-order chi connectivity index (χ0) is 29.6. The van der Waals surface area contributed by atoms with Gasteiger partial charge in [0.2, 0.25) is 23.6 Å². The molecule has 0 radical (unpaired) electrons. The van der Waals surface area contributed by atoms with Gasteiger partial charge in [-0.2, -0.15) is 0 Å². The molecule has 4 bridgehead atoms. The summed E-state index contributed by atoms with van der Waals surface area (Å²) in [5.74, 6) is 0.919. The third-order valence-corrected chi connectivity index (χ3v) is 8.43. The summed E-state index contributed by atoms with van der Waals surface area (Å²) in [5, 5.41) is 3.07. The van der Waals surface area contributed by atoms with Crippen LogP contribution in [-0.4, -0.2) is 90.2 Å². The van der Waals surface area contributed by atoms with Crippen LogP contribution in [0.4, 0.5) is 0 Å². The lowest BCUT2D eigenvalue weighted by Gasteiger charge is -2.41. The van der Waals surface area contributed by atoms with Gasteiger partial charge in [-0.3, -0.25) is 19.2 Å². The number of carbonyl (C=O) groups is 4. The van der Waals surface area contributed by atoms with Crippen LogP contribution in [0.2, 0.25) is 0 Å². The summed E-state index contributed by atoms with van der Waals surface area (Å²) < 4.78 is 12.5. The molecule has 0 saturated carbocycles. The topological polar surface area (TPSA) is 108 Å². The molecule has 2 atom stereocenters. The van der Waals surface area contributed by atoms with Crippen LogP contribution in [0.1, 0.15) is 43.7 Å². The van der Waals surface area contributed by atoms with Crippen molar-refractivity contribution in [1.82, 2.24) is 20.0 Å². The molecule has 3 heterocycles. The van der Waals surface area contributed by atoms with E-state index in [0.29, 0.717) is 70.0 Å². The molecule has 42 heavy (non-hydrogen) atoms. The number of nitrogens with zero attached hydrogens (tertiary/aromatic N) is 3. The molecular formula is C32H40N4O6. The number of nitrogens with one attached hydrogen (secondary N) is 1. The molecule has 2 aromatic carbocycles. The van der Waals surface area contributed by atoms with E-state index in [1.807, 2.05) is 53.4 Å². The first kappa shape index (κ1) is 29.6. The number of ether oxygens (including phenoxy) is 2. The smallest absolute Gasteiger partial charge is 0.239 e. The number of hydrogen-bond donors (Lipinski definition) is 1. The first-order chi connectivity index (χ1) is 20.2. The third kappa shape index (κ3) is 7.47. The largest absolute Gasteiger partial charge is 0.457 e. The van der Waals surface area contributed by atoms with Gasteiger partial charge in [-0.15, -0.1) is 0 Å². The number of amides is 4. The van der Waals surface area contributed by atoms with Gasteiger partial charge in [-0.25, -0.2) is 0 Å². The van der Waals surface area contributed by atoms with E-state index in [-0.39, 0.29) is 48.6 Å². The van der Waals surface area contributed by atoms with E-state index in [4.69, 9.17) is 9.47 Å². The molecule has 3 aliphatic heterocycles. The molecule has 0 aromatic heterocycles. The second kappa shape index (κ2) is 13.4. The molecule has 5 rings (SSSR count). The summed E-state index contributed by atoms with van der Waals surface area (Å²) in [4.78, 5) is 56.2. The summed E-state index contributed by atoms with van der Waals surface area (Å²) in [7, 11) is 1.63. The Balaban J connectivity index is 1.31. The van der Waals surface area contributed by atoms with Gasteiger partial charge < -0.3 is 29.5 Å². The Bertz CT molecular complexity index is 1310. The van der Waals surface area contributed by atoms with Crippen LogP contribution in [-0.2, 0) is 36.9 Å². The van der Waals surface area contributed by atoms with E-state index in [0.717, 1.165) is 11.1 Å². The van der Waals surface area contributed by atoms with Gasteiger partial charge in [0.15, 0.2) is 0 Å². The molecule has 4 amide bonds. The van der Waals surface area contributed by atoms with Crippen LogP contribution in [0.15, 0.2) is 48.5 Å². The molecule has 224 valence electrons. The minimum atomic E-state index is -0.422. The zero-order valence-corrected chi connectivity index (χ0v) is 24.4. The van der Waals surface area contributed by atoms with Crippen LogP contribution in [0.25, 0.3) is 0 Å². The predicted octanol–water partition coefficient (Wildman–Crippen LogP) is 2.74. The summed E-state index contributed by atoms with van der Waals surface area (Å²) in [6, 6.07) is 15.0. The molecule has 0 aliphatic carbocycles. The summed E-state index contributed by atoms with van der Waals surface area (Å²) >= 11 is 0. The second-order valence-corrected chi connectivity index (χ2v) is 11.5. The predicted molar refractivity (Wildman–Crippen MR) is 156 cm³/mol. The van der Waals surface area contributed by atoms with Crippen LogP contribution < -0.4 is 10.1 Å². The first-order valence-corrected chi connectivity index (χ1v) is 14.8. The van der Waals surface area contributed by atoms with Crippen molar-refractivity contribution in [3.63, 3.8) is 0 Å². The van der Waals surface area contributed by atoms with E-state index < -0.39 is 6.04 Å². The van der Waals surface area contributed by atoms with Crippen molar-refractivity contribution < 1.29 is 28.7 Å². The normalized spacial score (nSPS) is 22.8. The second-order valence-electron chi connectivity index (χ2n) is 11.5. The highest BCUT2D eigenvalue weighted by Crippen LogP contribution is 2.26. The number of fused-ring (bicyclic) bond motifs is 5. The lowest BCUT2D eigenvalue weighted by molar-refractivity contribution is -0.144. The molecule has 1 N–H and O–H groups in total. The van der Waals surface area contributed by atoms with E-state index in [9.17, 15) is 19.2 Å². The Morgan fingerprint density at radius 2 is 1.55 bits per heavy atom. The fraction of sp³-hybridized carbons (Fsp3) is 0.500. The molecule has 10 heteroatoms. The number of aryl methyl sites for hydroxylation is 1. The number of benzene rings is 2. The number of rotatable bonds is 1. The van der Waals surface area contributed by atoms with Gasteiger partial charge in [0.1, 0.15) is 11.5 Å². The van der Waals surface area contributed by atoms with Gasteiger partial charge in [0, 0.05) is 52.5 Å². The Morgan fingerprint density at radius 1 is 0.881 bits per heavy atom. The van der Waals surface area contributed by atoms with E-state index >= 15 is 0 Å². The van der Waals surface area contributed by atoms with Crippen molar-refractivity contribution >= 4 is 23.6 Å². The van der Waals surface area contributed by atoms with Crippen molar-refractivity contribution in [2.45, 2.75) is 57.8 Å². The Morgan fingerprint density at radius 3 is 2.26 bits per heavy atom. The van der Waals surface area contributed by atoms with Gasteiger partial charge >= 0.3 is 0 Å². The molecule has 2 saturated heterocycles. The molecule has 10 nitrogen and oxygen atoms in total. The maximum absolute atomic E-state index is 13.5. The van der Waals surface area contributed by atoms with Crippen LogP contribution in [0.3, 0.4) is 0 Å². The van der Waals surface area contributed by atoms with Gasteiger partial charge in [0.25, 0.3) is 0 Å². The van der Waals surface area contributed by atoms with E-state index in [1.54, 1.807) is 18.9 Å². The summed E-state index contributed by atoms with van der Waals surface area (Å²) in [6.07, 6.45) is 2.34. The maximum Gasteiger partial charge on any atom is 0.239 e. The number of carbonyl (C=O) groups excluding carboxylic acids is 4. The van der Waals surface area contributed by atoms with Gasteiger partial charge in [-0.1, -0.05) is 24.3 Å². The molecule has 0 spiro atoms. The zero-order valence-electron chi connectivity index (χ0n) is 24.4. The quantitative estimate of drug-likeness (QED) is 0.560. The summed E-state index contributed by atoms with van der Waals surface area (Å²) in [6.45, 7) is 3.83. The number of likely N-dealkylation sites (tertiary alicyclic amines) is 2. The third-order valence-electron chi connectivity index (χ3n) is 8.43. The standard InChI is InChI=1S/C32H40N4O6/c1-22(37)35-14-11-25(12-15-35)32(40)36-16-13-29-28(19-36)33-30(38)20-34(2)31(39)10-9-23-5-3-7-26(17-23)42-27-8-4-6-24(18-27)21-41-29/h3-8,17-18,25,28-29H,9-16,19-21H2,1-2H3,(H,33,38)/t28-,29+/m0/s1. The van der Waals surface area contributed by atoms with Crippen LogP contribution >= 0.6 is 0 Å². The van der Waals surface area contributed by atoms with Crippen molar-refractivity contribution in [2.75, 3.05) is 39.8 Å². The first-order valence-electron chi connectivity index (χ1n) is 14.8. The summed E-state index contributed by atoms with van der Waals surface area (Å²) in [5.41, 5.74) is 1.91.